The predicted octanol–water partition coefficient (Wildman–Crippen LogP) is 3.03. The van der Waals surface area contributed by atoms with Crippen LogP contribution < -0.4 is 10.6 Å². The Morgan fingerprint density at radius 2 is 1.91 bits per heavy atom. The number of carbonyl (C=O) groups excluding carboxylic acids is 1. The van der Waals surface area contributed by atoms with Crippen LogP contribution in [-0.2, 0) is 0 Å². The fraction of sp³-hybridized carbons (Fsp3) is 0.0667. The SMILES string of the molecule is Cc1cccc(NC(=S)NC(=O)c2ccccc2[N+](=O)[O-])c1. The molecule has 2 rings (SSSR count). The van der Waals surface area contributed by atoms with Crippen LogP contribution in [0.4, 0.5) is 11.4 Å². The Morgan fingerprint density at radius 3 is 2.59 bits per heavy atom. The van der Waals surface area contributed by atoms with Crippen LogP contribution in [0.3, 0.4) is 0 Å². The number of nitrogens with one attached hydrogen (secondary N) is 2. The second-order valence-electron chi connectivity index (χ2n) is 4.55. The average Bonchev–Trinajstić information content (AvgIpc) is 2.47. The van der Waals surface area contributed by atoms with Crippen LogP contribution in [0.5, 0.6) is 0 Å². The summed E-state index contributed by atoms with van der Waals surface area (Å²) >= 11 is 5.05. The zero-order chi connectivity index (χ0) is 16.1. The summed E-state index contributed by atoms with van der Waals surface area (Å²) in [5.41, 5.74) is 1.46. The van der Waals surface area contributed by atoms with Gasteiger partial charge in [-0.3, -0.25) is 20.2 Å². The number of rotatable bonds is 3. The standard InChI is InChI=1S/C15H13N3O3S/c1-10-5-4-6-11(9-10)16-15(22)17-14(19)12-7-2-3-8-13(12)18(20)21/h2-9H,1H3,(H2,16,17,19,22). The zero-order valence-electron chi connectivity index (χ0n) is 11.7. The lowest BCUT2D eigenvalue weighted by Crippen LogP contribution is -2.34. The van der Waals surface area contributed by atoms with Crippen LogP contribution in [-0.4, -0.2) is 15.9 Å². The van der Waals surface area contributed by atoms with Crippen LogP contribution in [0.2, 0.25) is 0 Å². The van der Waals surface area contributed by atoms with Crippen molar-refractivity contribution in [2.45, 2.75) is 6.92 Å². The van der Waals surface area contributed by atoms with Crippen LogP contribution in [0.15, 0.2) is 48.5 Å². The molecule has 112 valence electrons. The van der Waals surface area contributed by atoms with Gasteiger partial charge in [-0.15, -0.1) is 0 Å². The largest absolute Gasteiger partial charge is 0.332 e. The topological polar surface area (TPSA) is 84.3 Å². The number of thiocarbonyl (C=S) groups is 1. The number of hydrogen-bond donors (Lipinski definition) is 2. The molecule has 7 heteroatoms. The summed E-state index contributed by atoms with van der Waals surface area (Å²) in [7, 11) is 0. The van der Waals surface area contributed by atoms with Crippen LogP contribution in [0, 0.1) is 17.0 Å². The summed E-state index contributed by atoms with van der Waals surface area (Å²) in [6, 6.07) is 13.1. The molecule has 0 saturated heterocycles. The van der Waals surface area contributed by atoms with E-state index in [4.69, 9.17) is 12.2 Å². The van der Waals surface area contributed by atoms with Gasteiger partial charge in [-0.2, -0.15) is 0 Å². The smallest absolute Gasteiger partial charge is 0.282 e. The minimum atomic E-state index is -0.627. The molecule has 0 heterocycles. The summed E-state index contributed by atoms with van der Waals surface area (Å²) < 4.78 is 0. The van der Waals surface area contributed by atoms with Gasteiger partial charge >= 0.3 is 0 Å². The first-order valence-corrected chi connectivity index (χ1v) is 6.80. The summed E-state index contributed by atoms with van der Waals surface area (Å²) in [4.78, 5) is 22.4. The van der Waals surface area contributed by atoms with Crippen LogP contribution >= 0.6 is 12.2 Å². The number of hydrogen-bond acceptors (Lipinski definition) is 4. The maximum Gasteiger partial charge on any atom is 0.282 e. The highest BCUT2D eigenvalue weighted by Crippen LogP contribution is 2.17. The molecule has 2 aromatic rings. The van der Waals surface area contributed by atoms with Crippen LogP contribution in [0.25, 0.3) is 0 Å². The Morgan fingerprint density at radius 1 is 1.18 bits per heavy atom. The van der Waals surface area contributed by atoms with Crippen molar-refractivity contribution in [1.82, 2.24) is 5.32 Å². The van der Waals surface area contributed by atoms with Gasteiger partial charge in [0.25, 0.3) is 11.6 Å². The first-order valence-electron chi connectivity index (χ1n) is 6.40. The summed E-state index contributed by atoms with van der Waals surface area (Å²) in [5.74, 6) is -0.627. The van der Waals surface area contributed by atoms with E-state index in [1.807, 2.05) is 25.1 Å². The van der Waals surface area contributed by atoms with Crippen molar-refractivity contribution < 1.29 is 9.72 Å². The average molecular weight is 315 g/mol. The van der Waals surface area contributed by atoms with Gasteiger partial charge in [-0.25, -0.2) is 0 Å². The molecule has 2 N–H and O–H groups in total. The Bertz CT molecular complexity index is 746. The van der Waals surface area contributed by atoms with Gasteiger partial charge in [0, 0.05) is 11.8 Å². The van der Waals surface area contributed by atoms with Crippen molar-refractivity contribution in [2.75, 3.05) is 5.32 Å². The van der Waals surface area contributed by atoms with Gasteiger partial charge in [-0.1, -0.05) is 24.3 Å². The van der Waals surface area contributed by atoms with Gasteiger partial charge in [0.2, 0.25) is 0 Å². The maximum absolute atomic E-state index is 12.1. The highest BCUT2D eigenvalue weighted by Gasteiger charge is 2.19. The third-order valence-electron chi connectivity index (χ3n) is 2.85. The van der Waals surface area contributed by atoms with Crippen LogP contribution in [0.1, 0.15) is 15.9 Å². The lowest BCUT2D eigenvalue weighted by Gasteiger charge is -2.10. The fourth-order valence-electron chi connectivity index (χ4n) is 1.88. The van der Waals surface area contributed by atoms with Crippen molar-refractivity contribution in [3.05, 3.63) is 69.8 Å². The van der Waals surface area contributed by atoms with Crippen molar-refractivity contribution >= 4 is 34.6 Å². The third-order valence-corrected chi connectivity index (χ3v) is 3.05. The molecule has 0 bridgehead atoms. The molecule has 0 saturated carbocycles. The molecule has 0 aliphatic carbocycles. The number of nitro groups is 1. The molecule has 0 aliphatic heterocycles. The zero-order valence-corrected chi connectivity index (χ0v) is 12.5. The first-order chi connectivity index (χ1) is 10.5. The molecule has 0 unspecified atom stereocenters. The van der Waals surface area contributed by atoms with Gasteiger partial charge in [0.15, 0.2) is 5.11 Å². The van der Waals surface area contributed by atoms with Gasteiger partial charge in [-0.05, 0) is 42.9 Å². The Kier molecular flexibility index (Phi) is 4.80. The molecule has 1 amide bonds. The van der Waals surface area contributed by atoms with Crippen molar-refractivity contribution in [2.24, 2.45) is 0 Å². The highest BCUT2D eigenvalue weighted by molar-refractivity contribution is 7.80. The normalized spacial score (nSPS) is 9.86. The van der Waals surface area contributed by atoms with E-state index in [0.29, 0.717) is 0 Å². The number of nitrogens with zero attached hydrogens (tertiary/aromatic N) is 1. The molecule has 0 spiro atoms. The fourth-order valence-corrected chi connectivity index (χ4v) is 2.09. The minimum Gasteiger partial charge on any atom is -0.332 e. The second kappa shape index (κ2) is 6.77. The monoisotopic (exact) mass is 315 g/mol. The van der Waals surface area contributed by atoms with E-state index < -0.39 is 10.8 Å². The lowest BCUT2D eigenvalue weighted by atomic mass is 10.1. The van der Waals surface area contributed by atoms with Crippen molar-refractivity contribution in [3.63, 3.8) is 0 Å². The molecule has 0 aliphatic rings. The van der Waals surface area contributed by atoms with E-state index in [2.05, 4.69) is 10.6 Å². The van der Waals surface area contributed by atoms with Gasteiger partial charge in [0.1, 0.15) is 5.56 Å². The van der Waals surface area contributed by atoms with E-state index in [-0.39, 0.29) is 16.4 Å². The van der Waals surface area contributed by atoms with E-state index in [1.165, 1.54) is 18.2 Å². The Labute approximate surface area is 132 Å². The first kappa shape index (κ1) is 15.6. The van der Waals surface area contributed by atoms with E-state index in [1.54, 1.807) is 12.1 Å². The summed E-state index contributed by atoms with van der Waals surface area (Å²) in [5, 5.41) is 16.3. The molecule has 0 fully saturated rings. The number of benzene rings is 2. The molecule has 0 atom stereocenters. The molecule has 6 nitrogen and oxygen atoms in total. The van der Waals surface area contributed by atoms with Gasteiger partial charge < -0.3 is 5.32 Å². The molecule has 2 aromatic carbocycles. The summed E-state index contributed by atoms with van der Waals surface area (Å²) in [6.07, 6.45) is 0. The number of para-hydroxylation sites is 1. The quantitative estimate of drug-likeness (QED) is 0.517. The lowest BCUT2D eigenvalue weighted by molar-refractivity contribution is -0.385. The minimum absolute atomic E-state index is 0.0408. The highest BCUT2D eigenvalue weighted by atomic mass is 32.1. The van der Waals surface area contributed by atoms with Crippen molar-refractivity contribution in [1.29, 1.82) is 0 Å². The number of amides is 1. The Hall–Kier alpha value is -2.80. The molecule has 22 heavy (non-hydrogen) atoms. The number of carbonyl (C=O) groups is 1. The number of anilines is 1. The van der Waals surface area contributed by atoms with E-state index in [0.717, 1.165) is 11.3 Å². The summed E-state index contributed by atoms with van der Waals surface area (Å²) in [6.45, 7) is 1.93. The van der Waals surface area contributed by atoms with Gasteiger partial charge in [0.05, 0.1) is 4.92 Å². The van der Waals surface area contributed by atoms with E-state index >= 15 is 0 Å². The second-order valence-corrected chi connectivity index (χ2v) is 4.96. The van der Waals surface area contributed by atoms with E-state index in [9.17, 15) is 14.9 Å². The molecular weight excluding hydrogens is 302 g/mol. The third kappa shape index (κ3) is 3.86. The molecular formula is C15H13N3O3S. The Balaban J connectivity index is 2.09. The number of aryl methyl sites for hydroxylation is 1. The molecule has 0 aromatic heterocycles. The molecule has 0 radical (unpaired) electrons. The maximum atomic E-state index is 12.1. The number of nitro benzene ring substituents is 1. The van der Waals surface area contributed by atoms with Crippen molar-refractivity contribution in [3.8, 4) is 0 Å². The predicted molar refractivity (Wildman–Crippen MR) is 88.0 cm³/mol.